The number of para-hydroxylation sites is 1. The molecule has 0 spiro atoms. The van der Waals surface area contributed by atoms with Crippen LogP contribution in [0.25, 0.3) is 22.3 Å². The van der Waals surface area contributed by atoms with E-state index in [1.54, 1.807) is 0 Å². The lowest BCUT2D eigenvalue weighted by Crippen LogP contribution is -2.59. The van der Waals surface area contributed by atoms with Crippen molar-refractivity contribution in [3.63, 3.8) is 0 Å². The minimum atomic E-state index is 0.0815. The summed E-state index contributed by atoms with van der Waals surface area (Å²) in [6, 6.07) is 18.1. The molecule has 174 valence electrons. The highest BCUT2D eigenvalue weighted by Crippen LogP contribution is 2.32. The maximum absolute atomic E-state index is 6.30. The molecule has 2 fully saturated rings. The largest absolute Gasteiger partial charge is 0.457 e. The first-order chi connectivity index (χ1) is 16.7. The van der Waals surface area contributed by atoms with Crippen molar-refractivity contribution in [2.24, 2.45) is 0 Å². The normalized spacial score (nSPS) is 17.5. The monoisotopic (exact) mass is 457 g/mol. The van der Waals surface area contributed by atoms with Crippen molar-refractivity contribution in [1.82, 2.24) is 30.1 Å². The molecule has 0 amide bonds. The molecule has 2 aliphatic heterocycles. The predicted molar refractivity (Wildman–Crippen MR) is 130 cm³/mol. The Labute approximate surface area is 197 Å². The van der Waals surface area contributed by atoms with Crippen molar-refractivity contribution in [3.05, 3.63) is 60.9 Å². The number of nitrogens with zero attached hydrogens (tertiary/aromatic N) is 5. The first-order valence-corrected chi connectivity index (χ1v) is 11.7. The number of aromatic nitrogens is 4. The van der Waals surface area contributed by atoms with Gasteiger partial charge in [0.1, 0.15) is 35.4 Å². The average molecular weight is 458 g/mol. The molecule has 2 aromatic heterocycles. The van der Waals surface area contributed by atoms with E-state index in [4.69, 9.17) is 20.4 Å². The van der Waals surface area contributed by atoms with Crippen molar-refractivity contribution in [2.75, 3.05) is 31.9 Å². The Morgan fingerprint density at radius 3 is 2.35 bits per heavy atom. The Kier molecular flexibility index (Phi) is 5.48. The quantitative estimate of drug-likeness (QED) is 0.456. The second kappa shape index (κ2) is 8.92. The third-order valence-electron chi connectivity index (χ3n) is 6.57. The maximum Gasteiger partial charge on any atom is 0.204 e. The van der Waals surface area contributed by atoms with Gasteiger partial charge in [-0.25, -0.2) is 9.97 Å². The molecule has 4 heterocycles. The van der Waals surface area contributed by atoms with Crippen LogP contribution in [0.5, 0.6) is 11.5 Å². The fourth-order valence-corrected chi connectivity index (χ4v) is 4.55. The first-order valence-electron chi connectivity index (χ1n) is 11.7. The van der Waals surface area contributed by atoms with E-state index in [0.717, 1.165) is 56.1 Å². The summed E-state index contributed by atoms with van der Waals surface area (Å²) in [4.78, 5) is 19.0. The molecule has 34 heavy (non-hydrogen) atoms. The molecule has 9 nitrogen and oxygen atoms in total. The summed E-state index contributed by atoms with van der Waals surface area (Å²) in [5.41, 5.74) is 8.41. The summed E-state index contributed by atoms with van der Waals surface area (Å²) in [6.07, 6.45) is 3.45. The Morgan fingerprint density at radius 2 is 1.65 bits per heavy atom. The number of nitrogens with one attached hydrogen (secondary N) is 1. The standard InChI is InChI=1S/C25H27N7O2/c26-24-22-23(17-6-8-20(9-7-17)33-19-4-2-1-3-5-19)30-32(25(22)29-16-28-24)34-21-10-12-31(13-11-21)18-14-27-15-18/h1-9,16,18,21,27H,10-15H2,(H2,26,28,29). The summed E-state index contributed by atoms with van der Waals surface area (Å²) in [5.74, 6) is 1.91. The number of hydrogen-bond donors (Lipinski definition) is 2. The van der Waals surface area contributed by atoms with Crippen LogP contribution in [-0.2, 0) is 0 Å². The van der Waals surface area contributed by atoms with Crippen LogP contribution in [0, 0.1) is 0 Å². The van der Waals surface area contributed by atoms with E-state index in [1.807, 2.05) is 54.6 Å². The van der Waals surface area contributed by atoms with Gasteiger partial charge in [0, 0.05) is 37.8 Å². The number of piperidine rings is 1. The highest BCUT2D eigenvalue weighted by atomic mass is 16.7. The average Bonchev–Trinajstić information content (AvgIpc) is 3.20. The highest BCUT2D eigenvalue weighted by Gasteiger charge is 2.30. The maximum atomic E-state index is 6.30. The number of nitrogens with two attached hydrogens (primary N) is 1. The van der Waals surface area contributed by atoms with Crippen LogP contribution in [-0.4, -0.2) is 63.1 Å². The number of anilines is 1. The third-order valence-corrected chi connectivity index (χ3v) is 6.57. The zero-order chi connectivity index (χ0) is 22.9. The van der Waals surface area contributed by atoms with Crippen molar-refractivity contribution >= 4 is 16.9 Å². The van der Waals surface area contributed by atoms with Crippen LogP contribution in [0.2, 0.25) is 0 Å². The van der Waals surface area contributed by atoms with Crippen LogP contribution in [0.4, 0.5) is 5.82 Å². The molecule has 2 saturated heterocycles. The molecule has 0 bridgehead atoms. The van der Waals surface area contributed by atoms with E-state index in [-0.39, 0.29) is 6.10 Å². The molecular formula is C25H27N7O2. The number of hydrogen-bond acceptors (Lipinski definition) is 8. The minimum absolute atomic E-state index is 0.0815. The Morgan fingerprint density at radius 1 is 0.912 bits per heavy atom. The molecule has 0 aliphatic carbocycles. The molecule has 2 aliphatic rings. The zero-order valence-corrected chi connectivity index (χ0v) is 18.8. The minimum Gasteiger partial charge on any atom is -0.457 e. The van der Waals surface area contributed by atoms with Gasteiger partial charge in [-0.1, -0.05) is 23.0 Å². The summed E-state index contributed by atoms with van der Waals surface area (Å²) >= 11 is 0. The van der Waals surface area contributed by atoms with Crippen molar-refractivity contribution in [1.29, 1.82) is 0 Å². The molecule has 0 radical (unpaired) electrons. The second-order valence-corrected chi connectivity index (χ2v) is 8.77. The van der Waals surface area contributed by atoms with Gasteiger partial charge in [-0.3, -0.25) is 4.90 Å². The van der Waals surface area contributed by atoms with Crippen LogP contribution >= 0.6 is 0 Å². The molecule has 2 aromatic carbocycles. The van der Waals surface area contributed by atoms with E-state index < -0.39 is 0 Å². The van der Waals surface area contributed by atoms with Gasteiger partial charge >= 0.3 is 0 Å². The summed E-state index contributed by atoms with van der Waals surface area (Å²) in [5, 5.41) is 8.80. The Bertz CT molecular complexity index is 1260. The van der Waals surface area contributed by atoms with E-state index in [1.165, 1.54) is 11.2 Å². The first kappa shape index (κ1) is 20.9. The molecule has 9 heteroatoms. The van der Waals surface area contributed by atoms with E-state index in [2.05, 4.69) is 20.2 Å². The van der Waals surface area contributed by atoms with Crippen LogP contribution in [0.15, 0.2) is 60.9 Å². The SMILES string of the molecule is Nc1ncnc2c1c(-c1ccc(Oc3ccccc3)cc1)nn2OC1CCN(C2CNC2)CC1. The fraction of sp³-hybridized carbons (Fsp3) is 0.320. The molecule has 0 unspecified atom stereocenters. The molecule has 0 saturated carbocycles. The Hall–Kier alpha value is -3.69. The van der Waals surface area contributed by atoms with Gasteiger partial charge in [0.15, 0.2) is 0 Å². The van der Waals surface area contributed by atoms with Crippen LogP contribution in [0.3, 0.4) is 0 Å². The third kappa shape index (κ3) is 4.04. The van der Waals surface area contributed by atoms with Crippen molar-refractivity contribution in [3.8, 4) is 22.8 Å². The smallest absolute Gasteiger partial charge is 0.204 e. The van der Waals surface area contributed by atoms with Crippen molar-refractivity contribution < 1.29 is 9.57 Å². The number of ether oxygens (including phenoxy) is 1. The van der Waals surface area contributed by atoms with Gasteiger partial charge in [0.2, 0.25) is 5.65 Å². The summed E-state index contributed by atoms with van der Waals surface area (Å²) in [7, 11) is 0. The van der Waals surface area contributed by atoms with Gasteiger partial charge in [0.25, 0.3) is 0 Å². The number of rotatable bonds is 6. The molecular weight excluding hydrogens is 430 g/mol. The fourth-order valence-electron chi connectivity index (χ4n) is 4.55. The van der Waals surface area contributed by atoms with Gasteiger partial charge in [-0.05, 0) is 49.2 Å². The molecule has 0 atom stereocenters. The zero-order valence-electron chi connectivity index (χ0n) is 18.8. The second-order valence-electron chi connectivity index (χ2n) is 8.77. The van der Waals surface area contributed by atoms with E-state index in [9.17, 15) is 0 Å². The number of benzene rings is 2. The lowest BCUT2D eigenvalue weighted by atomic mass is 10.0. The van der Waals surface area contributed by atoms with E-state index in [0.29, 0.717) is 28.6 Å². The molecule has 3 N–H and O–H groups in total. The molecule has 4 aromatic rings. The van der Waals surface area contributed by atoms with Crippen LogP contribution in [0.1, 0.15) is 12.8 Å². The van der Waals surface area contributed by atoms with Gasteiger partial charge < -0.3 is 20.6 Å². The highest BCUT2D eigenvalue weighted by molar-refractivity contribution is 5.98. The lowest BCUT2D eigenvalue weighted by molar-refractivity contribution is -0.0252. The van der Waals surface area contributed by atoms with Gasteiger partial charge in [-0.15, -0.1) is 5.10 Å². The van der Waals surface area contributed by atoms with Crippen molar-refractivity contribution in [2.45, 2.75) is 25.0 Å². The summed E-state index contributed by atoms with van der Waals surface area (Å²) < 4.78 is 5.92. The number of nitrogen functional groups attached to an aromatic ring is 1. The van der Waals surface area contributed by atoms with E-state index >= 15 is 0 Å². The van der Waals surface area contributed by atoms with Crippen LogP contribution < -0.4 is 20.6 Å². The molecule has 6 rings (SSSR count). The summed E-state index contributed by atoms with van der Waals surface area (Å²) in [6.45, 7) is 4.24. The Balaban J connectivity index is 1.24. The topological polar surface area (TPSA) is 103 Å². The number of likely N-dealkylation sites (tertiary alicyclic amines) is 1. The van der Waals surface area contributed by atoms with Gasteiger partial charge in [-0.2, -0.15) is 0 Å². The predicted octanol–water partition coefficient (Wildman–Crippen LogP) is 2.73. The lowest BCUT2D eigenvalue weighted by Gasteiger charge is -2.41. The van der Waals surface area contributed by atoms with Gasteiger partial charge in [0.05, 0.1) is 5.39 Å². The number of fused-ring (bicyclic) bond motifs is 1.